The van der Waals surface area contributed by atoms with Crippen molar-refractivity contribution in [3.63, 3.8) is 0 Å². The van der Waals surface area contributed by atoms with Crippen molar-refractivity contribution in [3.05, 3.63) is 47.0 Å². The van der Waals surface area contributed by atoms with Crippen LogP contribution in [-0.4, -0.2) is 38.5 Å². The average Bonchev–Trinajstić information content (AvgIpc) is 2.90. The van der Waals surface area contributed by atoms with Crippen LogP contribution in [0.15, 0.2) is 24.4 Å². The summed E-state index contributed by atoms with van der Waals surface area (Å²) in [5.41, 5.74) is 0.768. The molecule has 8 heteroatoms. The Labute approximate surface area is 119 Å². The predicted molar refractivity (Wildman–Crippen MR) is 70.5 cm³/mol. The Balaban J connectivity index is 1.92. The predicted octanol–water partition coefficient (Wildman–Crippen LogP) is 0.854. The van der Waals surface area contributed by atoms with Crippen molar-refractivity contribution in [1.29, 1.82) is 0 Å². The molecule has 0 aliphatic heterocycles. The molecule has 0 aliphatic carbocycles. The highest BCUT2D eigenvalue weighted by molar-refractivity contribution is 5.95. The molecule has 0 saturated heterocycles. The van der Waals surface area contributed by atoms with Gasteiger partial charge in [-0.15, -0.1) is 5.10 Å². The van der Waals surface area contributed by atoms with Crippen LogP contribution in [-0.2, 0) is 6.54 Å². The van der Waals surface area contributed by atoms with Gasteiger partial charge in [-0.25, -0.2) is 13.9 Å². The van der Waals surface area contributed by atoms with Gasteiger partial charge in [0.1, 0.15) is 5.82 Å². The largest absolute Gasteiger partial charge is 0.476 e. The number of carbonyl (C=O) groups is 2. The number of hydrogen-bond acceptors (Lipinski definition) is 4. The van der Waals surface area contributed by atoms with E-state index < -0.39 is 17.7 Å². The molecule has 0 bridgehead atoms. The third kappa shape index (κ3) is 3.62. The molecular formula is C13H13FN4O3. The summed E-state index contributed by atoms with van der Waals surface area (Å²) in [6.07, 6.45) is 1.27. The highest BCUT2D eigenvalue weighted by Crippen LogP contribution is 2.09. The standard InChI is InChI=1S/C13H13FN4O3/c1-8-2-3-9(14)6-10(8)12(19)15-4-5-18-7-11(13(20)21)16-17-18/h2-3,6-7H,4-5H2,1H3,(H,15,19)(H,20,21). The summed E-state index contributed by atoms with van der Waals surface area (Å²) in [6.45, 7) is 2.20. The van der Waals surface area contributed by atoms with Crippen molar-refractivity contribution >= 4 is 11.9 Å². The number of rotatable bonds is 5. The van der Waals surface area contributed by atoms with Crippen molar-refractivity contribution in [2.24, 2.45) is 0 Å². The van der Waals surface area contributed by atoms with Gasteiger partial charge in [0.05, 0.1) is 12.7 Å². The lowest BCUT2D eigenvalue weighted by Crippen LogP contribution is -2.28. The van der Waals surface area contributed by atoms with Crippen molar-refractivity contribution in [2.75, 3.05) is 6.54 Å². The zero-order valence-electron chi connectivity index (χ0n) is 11.2. The Hall–Kier alpha value is -2.77. The maximum atomic E-state index is 13.1. The van der Waals surface area contributed by atoms with Gasteiger partial charge in [0.2, 0.25) is 0 Å². The van der Waals surface area contributed by atoms with Gasteiger partial charge in [0.25, 0.3) is 5.91 Å². The smallest absolute Gasteiger partial charge is 0.358 e. The first kappa shape index (κ1) is 14.6. The van der Waals surface area contributed by atoms with Crippen LogP contribution in [0.4, 0.5) is 4.39 Å². The van der Waals surface area contributed by atoms with E-state index in [1.807, 2.05) is 0 Å². The second-order valence-corrected chi connectivity index (χ2v) is 4.39. The maximum absolute atomic E-state index is 13.1. The molecule has 110 valence electrons. The minimum absolute atomic E-state index is 0.165. The molecule has 1 amide bonds. The van der Waals surface area contributed by atoms with E-state index in [9.17, 15) is 14.0 Å². The fourth-order valence-corrected chi connectivity index (χ4v) is 1.72. The van der Waals surface area contributed by atoms with Gasteiger partial charge >= 0.3 is 5.97 Å². The Morgan fingerprint density at radius 3 is 2.86 bits per heavy atom. The number of aromatic carboxylic acids is 1. The first-order chi connectivity index (χ1) is 9.97. The first-order valence-corrected chi connectivity index (χ1v) is 6.15. The molecule has 2 aromatic rings. The van der Waals surface area contributed by atoms with Crippen LogP contribution in [0.3, 0.4) is 0 Å². The lowest BCUT2D eigenvalue weighted by Gasteiger charge is -2.07. The summed E-state index contributed by atoms with van der Waals surface area (Å²) >= 11 is 0. The molecular weight excluding hydrogens is 279 g/mol. The fraction of sp³-hybridized carbons (Fsp3) is 0.231. The molecule has 0 saturated carbocycles. The van der Waals surface area contributed by atoms with Crippen molar-refractivity contribution < 1.29 is 19.1 Å². The van der Waals surface area contributed by atoms with Crippen LogP contribution in [0.5, 0.6) is 0 Å². The van der Waals surface area contributed by atoms with Gasteiger partial charge in [0, 0.05) is 12.1 Å². The molecule has 0 radical (unpaired) electrons. The monoisotopic (exact) mass is 292 g/mol. The van der Waals surface area contributed by atoms with E-state index in [1.54, 1.807) is 6.92 Å². The lowest BCUT2D eigenvalue weighted by molar-refractivity contribution is 0.0690. The number of amides is 1. The van der Waals surface area contributed by atoms with Crippen LogP contribution in [0.1, 0.15) is 26.4 Å². The molecule has 0 aliphatic rings. The summed E-state index contributed by atoms with van der Waals surface area (Å²) in [4.78, 5) is 22.5. The Morgan fingerprint density at radius 1 is 1.43 bits per heavy atom. The number of benzene rings is 1. The molecule has 7 nitrogen and oxygen atoms in total. The summed E-state index contributed by atoms with van der Waals surface area (Å²) < 4.78 is 14.4. The number of halogens is 1. The SMILES string of the molecule is Cc1ccc(F)cc1C(=O)NCCn1cc(C(=O)O)nn1. The zero-order chi connectivity index (χ0) is 15.4. The van der Waals surface area contributed by atoms with E-state index in [0.29, 0.717) is 5.56 Å². The van der Waals surface area contributed by atoms with Crippen molar-refractivity contribution in [3.8, 4) is 0 Å². The molecule has 1 aromatic carbocycles. The van der Waals surface area contributed by atoms with E-state index in [1.165, 1.54) is 29.1 Å². The Bertz CT molecular complexity index is 684. The maximum Gasteiger partial charge on any atom is 0.358 e. The molecule has 0 atom stereocenters. The molecule has 0 unspecified atom stereocenters. The van der Waals surface area contributed by atoms with E-state index in [4.69, 9.17) is 5.11 Å². The summed E-state index contributed by atoms with van der Waals surface area (Å²) in [7, 11) is 0. The third-order valence-electron chi connectivity index (χ3n) is 2.83. The molecule has 21 heavy (non-hydrogen) atoms. The molecule has 2 N–H and O–H groups in total. The van der Waals surface area contributed by atoms with Crippen LogP contribution in [0.25, 0.3) is 0 Å². The number of hydrogen-bond donors (Lipinski definition) is 2. The van der Waals surface area contributed by atoms with Gasteiger partial charge in [-0.3, -0.25) is 4.79 Å². The lowest BCUT2D eigenvalue weighted by atomic mass is 10.1. The van der Waals surface area contributed by atoms with Gasteiger partial charge in [-0.2, -0.15) is 0 Å². The minimum atomic E-state index is -1.17. The molecule has 1 heterocycles. The summed E-state index contributed by atoms with van der Waals surface area (Å²) in [5.74, 6) is -2.04. The number of carboxylic acid groups (broad SMARTS) is 1. The molecule has 1 aromatic heterocycles. The second-order valence-electron chi connectivity index (χ2n) is 4.39. The number of nitrogens with one attached hydrogen (secondary N) is 1. The molecule has 2 rings (SSSR count). The minimum Gasteiger partial charge on any atom is -0.476 e. The summed E-state index contributed by atoms with van der Waals surface area (Å²) in [5, 5.41) is 18.4. The van der Waals surface area contributed by atoms with Crippen molar-refractivity contribution in [1.82, 2.24) is 20.3 Å². The van der Waals surface area contributed by atoms with E-state index >= 15 is 0 Å². The van der Waals surface area contributed by atoms with E-state index in [-0.39, 0.29) is 24.3 Å². The zero-order valence-corrected chi connectivity index (χ0v) is 11.2. The normalized spacial score (nSPS) is 10.4. The van der Waals surface area contributed by atoms with Crippen LogP contribution < -0.4 is 5.32 Å². The number of aryl methyl sites for hydroxylation is 1. The third-order valence-corrected chi connectivity index (χ3v) is 2.83. The first-order valence-electron chi connectivity index (χ1n) is 6.15. The fourth-order valence-electron chi connectivity index (χ4n) is 1.72. The number of carboxylic acids is 1. The molecule has 0 spiro atoms. The topological polar surface area (TPSA) is 97.1 Å². The Kier molecular flexibility index (Phi) is 4.27. The van der Waals surface area contributed by atoms with Gasteiger partial charge < -0.3 is 10.4 Å². The summed E-state index contributed by atoms with van der Waals surface area (Å²) in [6, 6.07) is 3.98. The Morgan fingerprint density at radius 2 is 2.19 bits per heavy atom. The van der Waals surface area contributed by atoms with Gasteiger partial charge in [0.15, 0.2) is 5.69 Å². The highest BCUT2D eigenvalue weighted by Gasteiger charge is 2.11. The van der Waals surface area contributed by atoms with Gasteiger partial charge in [-0.05, 0) is 24.6 Å². The van der Waals surface area contributed by atoms with Crippen molar-refractivity contribution in [2.45, 2.75) is 13.5 Å². The molecule has 0 fully saturated rings. The van der Waals surface area contributed by atoms with Crippen LogP contribution in [0, 0.1) is 12.7 Å². The van der Waals surface area contributed by atoms with E-state index in [0.717, 1.165) is 0 Å². The van der Waals surface area contributed by atoms with Crippen LogP contribution >= 0.6 is 0 Å². The van der Waals surface area contributed by atoms with E-state index in [2.05, 4.69) is 15.6 Å². The number of carbonyl (C=O) groups excluding carboxylic acids is 1. The second kappa shape index (κ2) is 6.12. The highest BCUT2D eigenvalue weighted by atomic mass is 19.1. The quantitative estimate of drug-likeness (QED) is 0.851. The average molecular weight is 292 g/mol. The van der Waals surface area contributed by atoms with Gasteiger partial charge in [-0.1, -0.05) is 11.3 Å². The number of nitrogens with zero attached hydrogens (tertiary/aromatic N) is 3. The number of aromatic nitrogens is 3. The van der Waals surface area contributed by atoms with Crippen LogP contribution in [0.2, 0.25) is 0 Å².